The van der Waals surface area contributed by atoms with Gasteiger partial charge in [0.25, 0.3) is 0 Å². The second kappa shape index (κ2) is 5.77. The largest absolute Gasteiger partial charge is 0.294 e. The highest BCUT2D eigenvalue weighted by atomic mass is 79.9. The Morgan fingerprint density at radius 3 is 2.88 bits per heavy atom. The van der Waals surface area contributed by atoms with Crippen LogP contribution in [0.3, 0.4) is 0 Å². The van der Waals surface area contributed by atoms with Crippen molar-refractivity contribution in [1.82, 2.24) is 19.9 Å². The van der Waals surface area contributed by atoms with Crippen molar-refractivity contribution in [3.05, 3.63) is 11.9 Å². The van der Waals surface area contributed by atoms with Crippen molar-refractivity contribution in [1.29, 1.82) is 0 Å². The Bertz CT molecular complexity index is 322. The van der Waals surface area contributed by atoms with E-state index in [0.717, 1.165) is 30.2 Å². The van der Waals surface area contributed by atoms with Crippen LogP contribution in [-0.2, 0) is 13.6 Å². The Labute approximate surface area is 105 Å². The molecule has 90 valence electrons. The molecule has 2 rings (SSSR count). The second-order valence-corrected chi connectivity index (χ2v) is 5.27. The number of rotatable bonds is 6. The quantitative estimate of drug-likeness (QED) is 0.750. The van der Waals surface area contributed by atoms with Crippen LogP contribution >= 0.6 is 15.9 Å². The first-order valence-electron chi connectivity index (χ1n) is 5.95. The van der Waals surface area contributed by atoms with Gasteiger partial charge in [-0.15, -0.1) is 5.10 Å². The lowest BCUT2D eigenvalue weighted by Gasteiger charge is -2.37. The predicted octanol–water partition coefficient (Wildman–Crippen LogP) is 1.95. The van der Waals surface area contributed by atoms with Crippen LogP contribution in [0.5, 0.6) is 0 Å². The zero-order chi connectivity index (χ0) is 11.4. The maximum absolute atomic E-state index is 4.16. The van der Waals surface area contributed by atoms with Gasteiger partial charge in [-0.25, -0.2) is 0 Å². The Morgan fingerprint density at radius 2 is 2.38 bits per heavy atom. The van der Waals surface area contributed by atoms with Crippen LogP contribution in [0.25, 0.3) is 0 Å². The molecule has 16 heavy (non-hydrogen) atoms. The summed E-state index contributed by atoms with van der Waals surface area (Å²) < 4.78 is 1.78. The number of nitrogens with zero attached hydrogens (tertiary/aromatic N) is 4. The lowest BCUT2D eigenvalue weighted by molar-refractivity contribution is 0.118. The molecule has 1 aliphatic carbocycles. The summed E-state index contributed by atoms with van der Waals surface area (Å²) in [6.07, 6.45) is 7.30. The fraction of sp³-hybridized carbons (Fsp3) is 0.818. The van der Waals surface area contributed by atoms with E-state index in [1.54, 1.807) is 4.68 Å². The highest BCUT2D eigenvalue weighted by molar-refractivity contribution is 9.09. The van der Waals surface area contributed by atoms with Crippen molar-refractivity contribution in [2.45, 2.75) is 38.3 Å². The molecule has 0 N–H and O–H groups in total. The summed E-state index contributed by atoms with van der Waals surface area (Å²) in [5.41, 5.74) is 1.09. The molecular weight excluding hydrogens is 268 g/mol. The van der Waals surface area contributed by atoms with Crippen molar-refractivity contribution >= 4 is 15.9 Å². The fourth-order valence-corrected chi connectivity index (χ4v) is 2.33. The fourth-order valence-electron chi connectivity index (χ4n) is 2.08. The first-order valence-corrected chi connectivity index (χ1v) is 7.07. The highest BCUT2D eigenvalue weighted by Crippen LogP contribution is 2.26. The summed E-state index contributed by atoms with van der Waals surface area (Å²) in [6.45, 7) is 2.11. The Balaban J connectivity index is 1.90. The van der Waals surface area contributed by atoms with Crippen LogP contribution in [0.1, 0.15) is 31.4 Å². The number of hydrogen-bond acceptors (Lipinski definition) is 3. The highest BCUT2D eigenvalue weighted by Gasteiger charge is 2.24. The van der Waals surface area contributed by atoms with Gasteiger partial charge in [0.15, 0.2) is 0 Å². The van der Waals surface area contributed by atoms with E-state index in [0.29, 0.717) is 0 Å². The lowest BCUT2D eigenvalue weighted by Crippen LogP contribution is -2.40. The van der Waals surface area contributed by atoms with Crippen molar-refractivity contribution in [2.75, 3.05) is 11.9 Å². The summed E-state index contributed by atoms with van der Waals surface area (Å²) in [4.78, 5) is 2.55. The zero-order valence-corrected chi connectivity index (χ0v) is 11.4. The predicted molar refractivity (Wildman–Crippen MR) is 67.5 cm³/mol. The maximum Gasteiger partial charge on any atom is 0.0967 e. The van der Waals surface area contributed by atoms with Gasteiger partial charge in [-0.3, -0.25) is 9.58 Å². The first-order chi connectivity index (χ1) is 7.79. The molecule has 1 aromatic rings. The molecule has 5 heteroatoms. The first kappa shape index (κ1) is 12.0. The molecule has 0 atom stereocenters. The normalized spacial score (nSPS) is 16.7. The Kier molecular flexibility index (Phi) is 4.35. The van der Waals surface area contributed by atoms with Gasteiger partial charge < -0.3 is 0 Å². The molecule has 0 aliphatic heterocycles. The van der Waals surface area contributed by atoms with Crippen molar-refractivity contribution in [3.8, 4) is 0 Å². The average Bonchev–Trinajstić information content (AvgIpc) is 2.58. The van der Waals surface area contributed by atoms with E-state index in [2.05, 4.69) is 31.1 Å². The van der Waals surface area contributed by atoms with E-state index in [9.17, 15) is 0 Å². The van der Waals surface area contributed by atoms with Gasteiger partial charge in [-0.1, -0.05) is 27.6 Å². The van der Waals surface area contributed by atoms with Gasteiger partial charge >= 0.3 is 0 Å². The molecule has 1 fully saturated rings. The molecule has 0 unspecified atom stereocenters. The van der Waals surface area contributed by atoms with E-state index in [-0.39, 0.29) is 0 Å². The molecular formula is C11H19BrN4. The molecule has 1 aliphatic rings. The van der Waals surface area contributed by atoms with Gasteiger partial charge in [-0.05, 0) is 25.8 Å². The van der Waals surface area contributed by atoms with E-state index >= 15 is 0 Å². The summed E-state index contributed by atoms with van der Waals surface area (Å²) in [5.74, 6) is 0. The smallest absolute Gasteiger partial charge is 0.0967 e. The van der Waals surface area contributed by atoms with Crippen LogP contribution in [0, 0.1) is 0 Å². The third-order valence-electron chi connectivity index (χ3n) is 3.19. The summed E-state index contributed by atoms with van der Waals surface area (Å²) >= 11 is 3.50. The molecule has 1 aromatic heterocycles. The molecule has 4 nitrogen and oxygen atoms in total. The van der Waals surface area contributed by atoms with Crippen molar-refractivity contribution in [2.24, 2.45) is 7.05 Å². The number of halogens is 1. The van der Waals surface area contributed by atoms with Gasteiger partial charge in [0.1, 0.15) is 0 Å². The molecule has 1 saturated carbocycles. The monoisotopic (exact) mass is 286 g/mol. The molecule has 0 radical (unpaired) electrons. The van der Waals surface area contributed by atoms with Crippen LogP contribution in [0.15, 0.2) is 6.20 Å². The van der Waals surface area contributed by atoms with E-state index in [1.807, 2.05) is 13.2 Å². The number of aryl methyl sites for hydroxylation is 1. The Morgan fingerprint density at radius 1 is 1.56 bits per heavy atom. The Hall–Kier alpha value is -0.420. The topological polar surface area (TPSA) is 34.0 Å². The summed E-state index contributed by atoms with van der Waals surface area (Å²) in [7, 11) is 1.92. The molecule has 0 spiro atoms. The molecule has 1 heterocycles. The van der Waals surface area contributed by atoms with Gasteiger partial charge in [-0.2, -0.15) is 0 Å². The van der Waals surface area contributed by atoms with Crippen molar-refractivity contribution in [3.63, 3.8) is 0 Å². The van der Waals surface area contributed by atoms with Crippen LogP contribution < -0.4 is 0 Å². The van der Waals surface area contributed by atoms with Crippen molar-refractivity contribution < 1.29 is 0 Å². The number of aromatic nitrogens is 3. The van der Waals surface area contributed by atoms with Crippen LogP contribution in [0.4, 0.5) is 0 Å². The minimum atomic E-state index is 0.779. The zero-order valence-electron chi connectivity index (χ0n) is 9.77. The van der Waals surface area contributed by atoms with Gasteiger partial charge in [0.05, 0.1) is 5.69 Å². The molecule has 0 bridgehead atoms. The van der Waals surface area contributed by atoms with Gasteiger partial charge in [0, 0.05) is 31.2 Å². The molecule has 0 aromatic carbocycles. The SMILES string of the molecule is Cn1cc(CN(CCCBr)C2CCC2)nn1. The maximum atomic E-state index is 4.16. The second-order valence-electron chi connectivity index (χ2n) is 4.48. The third kappa shape index (κ3) is 3.04. The lowest BCUT2D eigenvalue weighted by atomic mass is 9.91. The van der Waals surface area contributed by atoms with E-state index in [1.165, 1.54) is 25.7 Å². The van der Waals surface area contributed by atoms with Crippen LogP contribution in [0.2, 0.25) is 0 Å². The van der Waals surface area contributed by atoms with E-state index < -0.39 is 0 Å². The number of alkyl halides is 1. The summed E-state index contributed by atoms with van der Waals surface area (Å²) in [5, 5.41) is 9.23. The van der Waals surface area contributed by atoms with E-state index in [4.69, 9.17) is 0 Å². The van der Waals surface area contributed by atoms with Gasteiger partial charge in [0.2, 0.25) is 0 Å². The minimum Gasteiger partial charge on any atom is -0.294 e. The molecule has 0 amide bonds. The van der Waals surface area contributed by atoms with Crippen LogP contribution in [-0.4, -0.2) is 37.8 Å². The summed E-state index contributed by atoms with van der Waals surface area (Å²) in [6, 6.07) is 0.779. The number of hydrogen-bond donors (Lipinski definition) is 0. The third-order valence-corrected chi connectivity index (χ3v) is 3.75. The standard InChI is InChI=1S/C11H19BrN4/c1-15-8-10(13-14-15)9-16(7-3-6-12)11-4-2-5-11/h8,11H,2-7,9H2,1H3. The molecule has 0 saturated heterocycles. The average molecular weight is 287 g/mol. The minimum absolute atomic E-state index is 0.779.